The Morgan fingerprint density at radius 2 is 2.07 bits per heavy atom. The van der Waals surface area contributed by atoms with Gasteiger partial charge in [0.2, 0.25) is 5.88 Å². The van der Waals surface area contributed by atoms with E-state index in [2.05, 4.69) is 25.5 Å². The van der Waals surface area contributed by atoms with Crippen LogP contribution in [0.4, 0.5) is 5.69 Å². The van der Waals surface area contributed by atoms with E-state index in [1.807, 2.05) is 0 Å². The molecular formula is C17H16N5O6P. The van der Waals surface area contributed by atoms with E-state index in [1.165, 1.54) is 31.5 Å². The zero-order chi connectivity index (χ0) is 21.0. The number of ether oxygens (including phenoxy) is 1. The average Bonchev–Trinajstić information content (AvgIpc) is 2.68. The first-order valence-corrected chi connectivity index (χ1v) is 9.93. The van der Waals surface area contributed by atoms with Gasteiger partial charge in [0.15, 0.2) is 5.82 Å². The van der Waals surface area contributed by atoms with Crippen LogP contribution in [-0.2, 0) is 10.7 Å². The van der Waals surface area contributed by atoms with E-state index in [0.717, 1.165) is 6.20 Å². The molecule has 0 aliphatic carbocycles. The molecule has 1 amide bonds. The molecule has 0 aliphatic rings. The molecule has 0 saturated carbocycles. The maximum atomic E-state index is 12.6. The van der Waals surface area contributed by atoms with Crippen LogP contribution >= 0.6 is 7.60 Å². The highest BCUT2D eigenvalue weighted by Crippen LogP contribution is 2.41. The molecule has 12 heteroatoms. The van der Waals surface area contributed by atoms with Crippen molar-refractivity contribution in [2.75, 3.05) is 12.4 Å². The van der Waals surface area contributed by atoms with Crippen LogP contribution in [0.1, 0.15) is 15.9 Å². The van der Waals surface area contributed by atoms with Crippen molar-refractivity contribution in [3.8, 4) is 23.1 Å². The summed E-state index contributed by atoms with van der Waals surface area (Å²) in [6, 6.07) is 7.56. The normalized spacial score (nSPS) is 11.1. The average molecular weight is 417 g/mol. The molecule has 0 unspecified atom stereocenters. The van der Waals surface area contributed by atoms with E-state index in [9.17, 15) is 24.3 Å². The van der Waals surface area contributed by atoms with Gasteiger partial charge in [-0.2, -0.15) is 10.1 Å². The first-order chi connectivity index (χ1) is 13.8. The second-order valence-electron chi connectivity index (χ2n) is 5.84. The lowest BCUT2D eigenvalue weighted by Gasteiger charge is -2.14. The van der Waals surface area contributed by atoms with E-state index >= 15 is 0 Å². The largest absolute Gasteiger partial charge is 0.497 e. The summed E-state index contributed by atoms with van der Waals surface area (Å²) in [6.07, 6.45) is 2.00. The van der Waals surface area contributed by atoms with Crippen molar-refractivity contribution in [3.63, 3.8) is 0 Å². The lowest BCUT2D eigenvalue weighted by atomic mass is 10.1. The van der Waals surface area contributed by atoms with Crippen molar-refractivity contribution >= 4 is 19.2 Å². The third-order valence-electron chi connectivity index (χ3n) is 3.76. The summed E-state index contributed by atoms with van der Waals surface area (Å²) in [6.45, 7) is 0. The summed E-state index contributed by atoms with van der Waals surface area (Å²) in [5.74, 6) is -0.907. The Bertz CT molecular complexity index is 1090. The fraction of sp³-hybridized carbons (Fsp3) is 0.118. The molecule has 1 aromatic carbocycles. The van der Waals surface area contributed by atoms with E-state index < -0.39 is 25.5 Å². The van der Waals surface area contributed by atoms with Crippen molar-refractivity contribution < 1.29 is 29.0 Å². The van der Waals surface area contributed by atoms with Crippen LogP contribution in [-0.4, -0.2) is 48.1 Å². The predicted molar refractivity (Wildman–Crippen MR) is 101 cm³/mol. The Labute approximate surface area is 164 Å². The monoisotopic (exact) mass is 417 g/mol. The third-order valence-corrected chi connectivity index (χ3v) is 4.51. The lowest BCUT2D eigenvalue weighted by molar-refractivity contribution is 0.102. The van der Waals surface area contributed by atoms with Gasteiger partial charge in [-0.05, 0) is 23.8 Å². The summed E-state index contributed by atoms with van der Waals surface area (Å²) in [5.41, 5.74) is 0.397. The molecule has 0 saturated heterocycles. The first kappa shape index (κ1) is 20.3. The third kappa shape index (κ3) is 5.11. The molecule has 2 heterocycles. The van der Waals surface area contributed by atoms with Crippen LogP contribution in [0.25, 0.3) is 11.5 Å². The molecule has 2 aromatic heterocycles. The van der Waals surface area contributed by atoms with Crippen LogP contribution in [0.2, 0.25) is 0 Å². The van der Waals surface area contributed by atoms with Crippen LogP contribution in [0.15, 0.2) is 42.7 Å². The molecule has 3 rings (SSSR count). The van der Waals surface area contributed by atoms with E-state index in [-0.39, 0.29) is 22.6 Å². The number of benzene rings is 1. The van der Waals surface area contributed by atoms with Gasteiger partial charge in [-0.25, -0.2) is 4.98 Å². The Morgan fingerprint density at radius 1 is 1.28 bits per heavy atom. The molecule has 4 N–H and O–H groups in total. The minimum absolute atomic E-state index is 0.0794. The molecule has 11 nitrogen and oxygen atoms in total. The fourth-order valence-electron chi connectivity index (χ4n) is 2.43. The minimum Gasteiger partial charge on any atom is -0.497 e. The zero-order valence-corrected chi connectivity index (χ0v) is 15.9. The van der Waals surface area contributed by atoms with Gasteiger partial charge in [0.05, 0.1) is 13.3 Å². The summed E-state index contributed by atoms with van der Waals surface area (Å²) in [4.78, 5) is 38.9. The Morgan fingerprint density at radius 3 is 2.69 bits per heavy atom. The standard InChI is InChI=1S/C17H16N5O6P/c1-28-11-5-4-10(9-29(25,26)27)14(7-11)20-16(23)12-8-18-15(21-17(12)24)13-3-2-6-19-22-13/h2-8H,9H2,1H3,(H,20,23)(H,18,21,24)(H2,25,26,27). The van der Waals surface area contributed by atoms with E-state index in [1.54, 1.807) is 12.1 Å². The Kier molecular flexibility index (Phi) is 5.83. The number of nitrogens with zero attached hydrogens (tertiary/aromatic N) is 4. The van der Waals surface area contributed by atoms with Gasteiger partial charge in [0.1, 0.15) is 17.0 Å². The number of hydrogen-bond donors (Lipinski definition) is 4. The van der Waals surface area contributed by atoms with Crippen LogP contribution in [0.5, 0.6) is 11.6 Å². The second-order valence-corrected chi connectivity index (χ2v) is 7.49. The summed E-state index contributed by atoms with van der Waals surface area (Å²) in [7, 11) is -2.97. The van der Waals surface area contributed by atoms with Gasteiger partial charge in [-0.15, -0.1) is 5.10 Å². The Balaban J connectivity index is 1.89. The molecule has 0 bridgehead atoms. The number of rotatable bonds is 6. The highest BCUT2D eigenvalue weighted by Gasteiger charge is 2.21. The smallest absolute Gasteiger partial charge is 0.329 e. The fourth-order valence-corrected chi connectivity index (χ4v) is 3.15. The maximum Gasteiger partial charge on any atom is 0.329 e. The number of carbonyl (C=O) groups excluding carboxylic acids is 1. The van der Waals surface area contributed by atoms with Gasteiger partial charge in [0.25, 0.3) is 5.91 Å². The van der Waals surface area contributed by atoms with Crippen molar-refractivity contribution in [2.45, 2.75) is 6.16 Å². The van der Waals surface area contributed by atoms with Crippen molar-refractivity contribution in [3.05, 3.63) is 53.9 Å². The molecule has 0 fully saturated rings. The molecule has 0 atom stereocenters. The highest BCUT2D eigenvalue weighted by molar-refractivity contribution is 7.50. The molecule has 0 aliphatic heterocycles. The van der Waals surface area contributed by atoms with Crippen molar-refractivity contribution in [1.82, 2.24) is 20.2 Å². The van der Waals surface area contributed by atoms with E-state index in [0.29, 0.717) is 11.4 Å². The number of nitrogens with one attached hydrogen (secondary N) is 1. The topological polar surface area (TPSA) is 168 Å². The number of hydrogen-bond acceptors (Lipinski definition) is 8. The molecule has 0 spiro atoms. The molecule has 0 radical (unpaired) electrons. The van der Waals surface area contributed by atoms with Crippen molar-refractivity contribution in [1.29, 1.82) is 0 Å². The Hall–Kier alpha value is -3.40. The first-order valence-electron chi connectivity index (χ1n) is 8.14. The van der Waals surface area contributed by atoms with Gasteiger partial charge < -0.3 is 24.9 Å². The lowest BCUT2D eigenvalue weighted by Crippen LogP contribution is -2.15. The maximum absolute atomic E-state index is 12.6. The molecule has 29 heavy (non-hydrogen) atoms. The number of anilines is 1. The van der Waals surface area contributed by atoms with Gasteiger partial charge >= 0.3 is 7.60 Å². The van der Waals surface area contributed by atoms with Crippen LogP contribution < -0.4 is 10.1 Å². The van der Waals surface area contributed by atoms with Gasteiger partial charge in [-0.1, -0.05) is 6.07 Å². The quantitative estimate of drug-likeness (QED) is 0.432. The highest BCUT2D eigenvalue weighted by atomic mass is 31.2. The minimum atomic E-state index is -4.38. The second kappa shape index (κ2) is 8.31. The van der Waals surface area contributed by atoms with E-state index in [4.69, 9.17) is 4.74 Å². The summed E-state index contributed by atoms with van der Waals surface area (Å²) >= 11 is 0. The molecular weight excluding hydrogens is 401 g/mol. The predicted octanol–water partition coefficient (Wildman–Crippen LogP) is 1.58. The molecule has 150 valence electrons. The molecule has 3 aromatic rings. The van der Waals surface area contributed by atoms with Crippen LogP contribution in [0.3, 0.4) is 0 Å². The van der Waals surface area contributed by atoms with Gasteiger partial charge in [-0.3, -0.25) is 9.36 Å². The zero-order valence-electron chi connectivity index (χ0n) is 15.1. The summed E-state index contributed by atoms with van der Waals surface area (Å²) in [5, 5.41) is 20.2. The van der Waals surface area contributed by atoms with Gasteiger partial charge in [0, 0.05) is 24.1 Å². The number of aromatic nitrogens is 4. The summed E-state index contributed by atoms with van der Waals surface area (Å²) < 4.78 is 16.5. The van der Waals surface area contributed by atoms with Crippen LogP contribution in [0, 0.1) is 0 Å². The van der Waals surface area contributed by atoms with Crippen molar-refractivity contribution in [2.24, 2.45) is 0 Å². The number of amides is 1. The number of methoxy groups -OCH3 is 1. The number of aromatic hydroxyl groups is 1. The number of carbonyl (C=O) groups is 1. The SMILES string of the molecule is COc1ccc(CP(=O)(O)O)c(NC(=O)c2cnc(-c3cccnn3)nc2O)c1.